The van der Waals surface area contributed by atoms with E-state index in [9.17, 15) is 14.7 Å². The Kier molecular flexibility index (Phi) is 8.57. The van der Waals surface area contributed by atoms with Gasteiger partial charge in [0.15, 0.2) is 0 Å². The van der Waals surface area contributed by atoms with Gasteiger partial charge in [0.25, 0.3) is 0 Å². The molecule has 3 aliphatic rings. The predicted molar refractivity (Wildman–Crippen MR) is 142 cm³/mol. The molecule has 1 aromatic heterocycles. The number of rotatable bonds is 6. The highest BCUT2D eigenvalue weighted by Gasteiger charge is 2.28. The number of morpholine rings is 1. The van der Waals surface area contributed by atoms with Crippen LogP contribution in [0.2, 0.25) is 0 Å². The molecule has 1 aromatic carbocycles. The molecule has 1 unspecified atom stereocenters. The van der Waals surface area contributed by atoms with E-state index in [-0.39, 0.29) is 12.6 Å². The molecule has 3 heterocycles. The molecule has 0 radical (unpaired) electrons. The van der Waals surface area contributed by atoms with Gasteiger partial charge in [-0.05, 0) is 37.8 Å². The maximum atomic E-state index is 13.4. The molecule has 0 spiro atoms. The number of aliphatic hydroxyl groups is 1. The van der Waals surface area contributed by atoms with Crippen LogP contribution in [0.4, 0.5) is 0 Å². The first kappa shape index (κ1) is 25.6. The Hall–Kier alpha value is -2.00. The average molecular weight is 499 g/mol. The van der Waals surface area contributed by atoms with Crippen molar-refractivity contribution in [2.45, 2.75) is 82.5 Å². The summed E-state index contributed by atoms with van der Waals surface area (Å²) in [6, 6.07) is 8.38. The van der Waals surface area contributed by atoms with E-state index < -0.39 is 17.2 Å². The van der Waals surface area contributed by atoms with Crippen molar-refractivity contribution in [3.8, 4) is 0 Å². The van der Waals surface area contributed by atoms with Crippen molar-refractivity contribution in [2.24, 2.45) is 0 Å². The zero-order valence-corrected chi connectivity index (χ0v) is 21.5. The van der Waals surface area contributed by atoms with Crippen molar-refractivity contribution in [3.05, 3.63) is 45.0 Å². The maximum Gasteiger partial charge on any atom is 0.317 e. The molecule has 1 atom stereocenters. The summed E-state index contributed by atoms with van der Waals surface area (Å²) >= 11 is 0. The molecule has 3 fully saturated rings. The van der Waals surface area contributed by atoms with Gasteiger partial charge in [-0.2, -0.15) is 0 Å². The van der Waals surface area contributed by atoms with E-state index in [0.29, 0.717) is 25.8 Å². The molecule has 5 rings (SSSR count). The Morgan fingerprint density at radius 3 is 2.11 bits per heavy atom. The molecule has 0 amide bonds. The van der Waals surface area contributed by atoms with Crippen LogP contribution in [0.15, 0.2) is 33.9 Å². The summed E-state index contributed by atoms with van der Waals surface area (Å²) in [7, 11) is 0. The lowest BCUT2D eigenvalue weighted by atomic mass is 9.93. The third kappa shape index (κ3) is 5.77. The summed E-state index contributed by atoms with van der Waals surface area (Å²) in [5.41, 5.74) is 0.532. The number of nitrogens with zero attached hydrogens (tertiary/aromatic N) is 4. The lowest BCUT2D eigenvalue weighted by Crippen LogP contribution is -2.48. The maximum absolute atomic E-state index is 13.4. The third-order valence-corrected chi connectivity index (χ3v) is 8.50. The highest BCUT2D eigenvalue weighted by atomic mass is 16.5. The molecule has 1 saturated carbocycles. The van der Waals surface area contributed by atoms with Gasteiger partial charge in [0.2, 0.25) is 0 Å². The quantitative estimate of drug-likeness (QED) is 0.617. The monoisotopic (exact) mass is 498 g/mol. The minimum atomic E-state index is -0.730. The number of ether oxygens (including phenoxy) is 1. The van der Waals surface area contributed by atoms with E-state index >= 15 is 0 Å². The van der Waals surface area contributed by atoms with Crippen LogP contribution < -0.4 is 11.1 Å². The summed E-state index contributed by atoms with van der Waals surface area (Å²) in [4.78, 5) is 31.6. The van der Waals surface area contributed by atoms with Crippen LogP contribution in [0.1, 0.15) is 63.8 Å². The van der Waals surface area contributed by atoms with Crippen molar-refractivity contribution >= 4 is 11.0 Å². The lowest BCUT2D eigenvalue weighted by Gasteiger charge is -2.39. The van der Waals surface area contributed by atoms with Crippen molar-refractivity contribution in [2.75, 3.05) is 45.9 Å². The number of β-amino-alcohol motifs (C(OH)–C–C–N with tert-alkyl or cyclic N) is 1. The minimum Gasteiger partial charge on any atom is -0.390 e. The van der Waals surface area contributed by atoms with E-state index in [2.05, 4.69) is 9.80 Å². The second-order valence-electron chi connectivity index (χ2n) is 10.9. The first-order chi connectivity index (χ1) is 17.6. The van der Waals surface area contributed by atoms with Gasteiger partial charge >= 0.3 is 11.1 Å². The number of benzene rings is 1. The minimum absolute atomic E-state index is 0.0350. The van der Waals surface area contributed by atoms with Gasteiger partial charge in [0.1, 0.15) is 0 Å². The van der Waals surface area contributed by atoms with Gasteiger partial charge < -0.3 is 14.7 Å². The Morgan fingerprint density at radius 1 is 0.778 bits per heavy atom. The smallest absolute Gasteiger partial charge is 0.317 e. The number of hydrogen-bond acceptors (Lipinski definition) is 6. The summed E-state index contributed by atoms with van der Waals surface area (Å²) in [5.74, 6) is 0. The van der Waals surface area contributed by atoms with Gasteiger partial charge in [-0.1, -0.05) is 44.2 Å². The van der Waals surface area contributed by atoms with Crippen LogP contribution in [-0.2, 0) is 11.3 Å². The SMILES string of the molecule is O=c1c(=O)n(C2CCN(C3CCCCCCC3)CC2)c2ccccc2n1CC(O)CN1CCOCC1. The average Bonchev–Trinajstić information content (AvgIpc) is 2.88. The van der Waals surface area contributed by atoms with Gasteiger partial charge in [-0.15, -0.1) is 0 Å². The molecular weight excluding hydrogens is 456 g/mol. The Morgan fingerprint density at radius 2 is 1.42 bits per heavy atom. The zero-order valence-electron chi connectivity index (χ0n) is 21.5. The van der Waals surface area contributed by atoms with E-state index in [1.165, 1.54) is 49.5 Å². The first-order valence-electron chi connectivity index (χ1n) is 14.1. The van der Waals surface area contributed by atoms with Crippen molar-refractivity contribution in [1.29, 1.82) is 0 Å². The lowest BCUT2D eigenvalue weighted by molar-refractivity contribution is 0.0115. The molecule has 2 aliphatic heterocycles. The summed E-state index contributed by atoms with van der Waals surface area (Å²) in [5, 5.41) is 10.8. The molecular formula is C28H42N4O4. The molecule has 2 aromatic rings. The Balaban J connectivity index is 1.34. The number of aliphatic hydroxyl groups excluding tert-OH is 1. The van der Waals surface area contributed by atoms with Gasteiger partial charge in [0.05, 0.1) is 36.9 Å². The molecule has 0 bridgehead atoms. The number of piperidine rings is 1. The van der Waals surface area contributed by atoms with E-state index in [1.54, 1.807) is 4.57 Å². The second-order valence-corrected chi connectivity index (χ2v) is 10.9. The predicted octanol–water partition coefficient (Wildman–Crippen LogP) is 2.61. The molecule has 2 saturated heterocycles. The fourth-order valence-electron chi connectivity index (χ4n) is 6.54. The number of fused-ring (bicyclic) bond motifs is 1. The first-order valence-corrected chi connectivity index (χ1v) is 14.1. The molecule has 36 heavy (non-hydrogen) atoms. The number of para-hydroxylation sites is 2. The van der Waals surface area contributed by atoms with Gasteiger partial charge in [0, 0.05) is 44.8 Å². The van der Waals surface area contributed by atoms with E-state index in [0.717, 1.165) is 50.1 Å². The molecule has 8 heteroatoms. The van der Waals surface area contributed by atoms with Crippen molar-refractivity contribution in [1.82, 2.24) is 18.9 Å². The fourth-order valence-corrected chi connectivity index (χ4v) is 6.54. The summed E-state index contributed by atoms with van der Waals surface area (Å²) in [6.07, 6.45) is 10.4. The molecule has 8 nitrogen and oxygen atoms in total. The molecule has 1 N–H and O–H groups in total. The topological polar surface area (TPSA) is 79.9 Å². The van der Waals surface area contributed by atoms with Gasteiger partial charge in [-0.3, -0.25) is 23.6 Å². The van der Waals surface area contributed by atoms with Crippen LogP contribution in [-0.4, -0.2) is 82.1 Å². The Labute approximate surface area is 213 Å². The number of likely N-dealkylation sites (tertiary alicyclic amines) is 1. The normalized spacial score (nSPS) is 22.9. The van der Waals surface area contributed by atoms with E-state index in [1.807, 2.05) is 24.3 Å². The van der Waals surface area contributed by atoms with Crippen LogP contribution in [0.25, 0.3) is 11.0 Å². The fraction of sp³-hybridized carbons (Fsp3) is 0.714. The number of aromatic nitrogens is 2. The second kappa shape index (κ2) is 12.0. The number of hydrogen-bond donors (Lipinski definition) is 1. The van der Waals surface area contributed by atoms with Crippen molar-refractivity contribution < 1.29 is 9.84 Å². The van der Waals surface area contributed by atoms with E-state index in [4.69, 9.17) is 4.74 Å². The standard InChI is InChI=1S/C28H42N4O4/c33-24(20-29-16-18-36-19-17-29)21-31-25-10-6-7-11-26(25)32(28(35)27(31)34)23-12-14-30(15-13-23)22-8-4-2-1-3-5-9-22/h6-7,10-11,22-24,33H,1-5,8-9,12-21H2. The van der Waals surface area contributed by atoms with Crippen molar-refractivity contribution in [3.63, 3.8) is 0 Å². The van der Waals surface area contributed by atoms with Crippen LogP contribution in [0.3, 0.4) is 0 Å². The summed E-state index contributed by atoms with van der Waals surface area (Å²) < 4.78 is 8.64. The van der Waals surface area contributed by atoms with Gasteiger partial charge in [-0.25, -0.2) is 0 Å². The highest BCUT2D eigenvalue weighted by Crippen LogP contribution is 2.29. The summed E-state index contributed by atoms with van der Waals surface area (Å²) in [6.45, 7) is 5.41. The third-order valence-electron chi connectivity index (χ3n) is 8.50. The molecule has 198 valence electrons. The largest absolute Gasteiger partial charge is 0.390 e. The van der Waals surface area contributed by atoms with Crippen LogP contribution in [0, 0.1) is 0 Å². The highest BCUT2D eigenvalue weighted by molar-refractivity contribution is 5.75. The van der Waals surface area contributed by atoms with Crippen LogP contribution in [0.5, 0.6) is 0 Å². The molecule has 1 aliphatic carbocycles. The van der Waals surface area contributed by atoms with Crippen LogP contribution >= 0.6 is 0 Å². The Bertz CT molecular complexity index is 1110. The zero-order chi connectivity index (χ0) is 24.9.